The van der Waals surface area contributed by atoms with E-state index < -0.39 is 0 Å². The van der Waals surface area contributed by atoms with Crippen molar-refractivity contribution >= 4 is 22.4 Å². The summed E-state index contributed by atoms with van der Waals surface area (Å²) in [4.78, 5) is 15.4. The number of hydrogen-bond donors (Lipinski definition) is 1. The van der Waals surface area contributed by atoms with E-state index in [2.05, 4.69) is 16.9 Å². The molecule has 0 bridgehead atoms. The van der Waals surface area contributed by atoms with Crippen LogP contribution in [0.4, 0.5) is 5.69 Å². The quantitative estimate of drug-likeness (QED) is 0.777. The molecule has 3 nitrogen and oxygen atoms in total. The molecular formula is C13H12N2O. The number of anilines is 1. The van der Waals surface area contributed by atoms with Crippen molar-refractivity contribution in [3.8, 4) is 0 Å². The molecular weight excluding hydrogens is 200 g/mol. The monoisotopic (exact) mass is 212 g/mol. The molecule has 1 aromatic carbocycles. The first-order valence-corrected chi connectivity index (χ1v) is 4.99. The first kappa shape index (κ1) is 10.4. The van der Waals surface area contributed by atoms with E-state index in [1.54, 1.807) is 12.4 Å². The van der Waals surface area contributed by atoms with Gasteiger partial charge >= 0.3 is 0 Å². The average molecular weight is 212 g/mol. The predicted octanol–water partition coefficient (Wildman–Crippen LogP) is 2.67. The van der Waals surface area contributed by atoms with Gasteiger partial charge in [0, 0.05) is 23.2 Å². The molecule has 0 spiro atoms. The third-order valence-electron chi connectivity index (χ3n) is 2.46. The van der Waals surface area contributed by atoms with Crippen LogP contribution in [0, 0.1) is 6.92 Å². The highest BCUT2D eigenvalue weighted by Gasteiger charge is 2.06. The van der Waals surface area contributed by atoms with E-state index in [9.17, 15) is 4.79 Å². The van der Waals surface area contributed by atoms with E-state index in [1.165, 1.54) is 6.08 Å². The van der Waals surface area contributed by atoms with Gasteiger partial charge in [-0.1, -0.05) is 18.7 Å². The number of nitrogens with zero attached hydrogens (tertiary/aromatic N) is 1. The summed E-state index contributed by atoms with van der Waals surface area (Å²) >= 11 is 0. The minimum Gasteiger partial charge on any atom is -0.322 e. The van der Waals surface area contributed by atoms with Crippen molar-refractivity contribution in [3.63, 3.8) is 0 Å². The molecule has 16 heavy (non-hydrogen) atoms. The maximum absolute atomic E-state index is 11.3. The molecule has 0 unspecified atom stereocenters. The number of fused-ring (bicyclic) bond motifs is 1. The van der Waals surface area contributed by atoms with Crippen LogP contribution in [-0.2, 0) is 4.79 Å². The Bertz CT molecular complexity index is 561. The summed E-state index contributed by atoms with van der Waals surface area (Å²) in [6, 6.07) is 5.84. The van der Waals surface area contributed by atoms with Crippen LogP contribution < -0.4 is 5.32 Å². The predicted molar refractivity (Wildman–Crippen MR) is 65.3 cm³/mol. The standard InChI is InChI=1S/C13H12N2O/c1-3-12(16)15-13-9(2)4-5-10-8-14-7-6-11(10)13/h3-8H,1H2,2H3,(H,15,16). The van der Waals surface area contributed by atoms with E-state index >= 15 is 0 Å². The molecule has 0 fully saturated rings. The number of rotatable bonds is 2. The van der Waals surface area contributed by atoms with Crippen LogP contribution in [0.1, 0.15) is 5.56 Å². The van der Waals surface area contributed by atoms with Gasteiger partial charge in [0.15, 0.2) is 0 Å². The van der Waals surface area contributed by atoms with Gasteiger partial charge in [-0.2, -0.15) is 0 Å². The molecule has 1 aromatic heterocycles. The molecule has 0 aliphatic heterocycles. The molecule has 3 heteroatoms. The zero-order valence-electron chi connectivity index (χ0n) is 9.03. The van der Waals surface area contributed by atoms with Crippen molar-refractivity contribution in [2.24, 2.45) is 0 Å². The van der Waals surface area contributed by atoms with Gasteiger partial charge in [-0.05, 0) is 24.6 Å². The van der Waals surface area contributed by atoms with Crippen LogP contribution in [0.5, 0.6) is 0 Å². The number of aryl methyl sites for hydroxylation is 1. The number of pyridine rings is 1. The Hall–Kier alpha value is -2.16. The number of amides is 1. The lowest BCUT2D eigenvalue weighted by Gasteiger charge is -2.10. The Kier molecular flexibility index (Phi) is 2.68. The Balaban J connectivity index is 2.61. The van der Waals surface area contributed by atoms with E-state index in [-0.39, 0.29) is 5.91 Å². The molecule has 2 rings (SSSR count). The number of nitrogens with one attached hydrogen (secondary N) is 1. The highest BCUT2D eigenvalue weighted by Crippen LogP contribution is 2.26. The topological polar surface area (TPSA) is 42.0 Å². The molecule has 1 N–H and O–H groups in total. The summed E-state index contributed by atoms with van der Waals surface area (Å²) in [6.07, 6.45) is 4.75. The molecule has 0 atom stereocenters. The molecule has 0 saturated carbocycles. The Morgan fingerprint density at radius 3 is 3.00 bits per heavy atom. The van der Waals surface area contributed by atoms with Crippen molar-refractivity contribution in [1.29, 1.82) is 0 Å². The number of benzene rings is 1. The van der Waals surface area contributed by atoms with E-state index in [1.807, 2.05) is 25.1 Å². The van der Waals surface area contributed by atoms with E-state index in [0.29, 0.717) is 0 Å². The van der Waals surface area contributed by atoms with Crippen LogP contribution in [0.3, 0.4) is 0 Å². The normalized spacial score (nSPS) is 10.1. The lowest BCUT2D eigenvalue weighted by molar-refractivity contribution is -0.111. The fraction of sp³-hybridized carbons (Fsp3) is 0.0769. The Morgan fingerprint density at radius 2 is 2.25 bits per heavy atom. The number of aromatic nitrogens is 1. The summed E-state index contributed by atoms with van der Waals surface area (Å²) in [6.45, 7) is 5.40. The van der Waals surface area contributed by atoms with Crippen LogP contribution >= 0.6 is 0 Å². The highest BCUT2D eigenvalue weighted by molar-refractivity contribution is 6.06. The van der Waals surface area contributed by atoms with Crippen molar-refractivity contribution in [2.45, 2.75) is 6.92 Å². The molecule has 1 amide bonds. The Morgan fingerprint density at radius 1 is 1.44 bits per heavy atom. The van der Waals surface area contributed by atoms with Crippen molar-refractivity contribution in [2.75, 3.05) is 5.32 Å². The molecule has 1 heterocycles. The zero-order valence-corrected chi connectivity index (χ0v) is 9.03. The summed E-state index contributed by atoms with van der Waals surface area (Å²) in [7, 11) is 0. The molecule has 0 saturated heterocycles. The first-order valence-electron chi connectivity index (χ1n) is 4.99. The third-order valence-corrected chi connectivity index (χ3v) is 2.46. The van der Waals surface area contributed by atoms with Gasteiger partial charge < -0.3 is 5.32 Å². The molecule has 0 radical (unpaired) electrons. The van der Waals surface area contributed by atoms with E-state index in [0.717, 1.165) is 22.0 Å². The lowest BCUT2D eigenvalue weighted by Crippen LogP contribution is -2.09. The molecule has 0 aliphatic carbocycles. The first-order chi connectivity index (χ1) is 7.72. The fourth-order valence-corrected chi connectivity index (χ4v) is 1.62. The second kappa shape index (κ2) is 4.14. The number of carbonyl (C=O) groups excluding carboxylic acids is 1. The van der Waals surface area contributed by atoms with Crippen molar-refractivity contribution in [3.05, 3.63) is 48.8 Å². The van der Waals surface area contributed by atoms with E-state index in [4.69, 9.17) is 0 Å². The summed E-state index contributed by atoms with van der Waals surface area (Å²) in [5.74, 6) is -0.201. The maximum atomic E-state index is 11.3. The average Bonchev–Trinajstić information content (AvgIpc) is 2.32. The largest absolute Gasteiger partial charge is 0.322 e. The maximum Gasteiger partial charge on any atom is 0.247 e. The Labute approximate surface area is 93.8 Å². The molecule has 0 aliphatic rings. The van der Waals surface area contributed by atoms with Crippen LogP contribution in [0.15, 0.2) is 43.2 Å². The number of hydrogen-bond acceptors (Lipinski definition) is 2. The van der Waals surface area contributed by atoms with Gasteiger partial charge in [0.05, 0.1) is 5.69 Å². The van der Waals surface area contributed by atoms with Crippen LogP contribution in [-0.4, -0.2) is 10.9 Å². The fourth-order valence-electron chi connectivity index (χ4n) is 1.62. The second-order valence-electron chi connectivity index (χ2n) is 3.55. The zero-order chi connectivity index (χ0) is 11.5. The second-order valence-corrected chi connectivity index (χ2v) is 3.55. The van der Waals surface area contributed by atoms with Crippen LogP contribution in [0.25, 0.3) is 10.8 Å². The van der Waals surface area contributed by atoms with Crippen LogP contribution in [0.2, 0.25) is 0 Å². The third kappa shape index (κ3) is 1.80. The minimum atomic E-state index is -0.201. The smallest absolute Gasteiger partial charge is 0.247 e. The minimum absolute atomic E-state index is 0.201. The van der Waals surface area contributed by atoms with Gasteiger partial charge in [-0.15, -0.1) is 0 Å². The van der Waals surface area contributed by atoms with Gasteiger partial charge in [-0.3, -0.25) is 9.78 Å². The van der Waals surface area contributed by atoms with Crippen molar-refractivity contribution in [1.82, 2.24) is 4.98 Å². The van der Waals surface area contributed by atoms with Gasteiger partial charge in [0.1, 0.15) is 0 Å². The summed E-state index contributed by atoms with van der Waals surface area (Å²) in [5.41, 5.74) is 1.85. The van der Waals surface area contributed by atoms with Crippen molar-refractivity contribution < 1.29 is 4.79 Å². The number of carbonyl (C=O) groups is 1. The molecule has 80 valence electrons. The lowest BCUT2D eigenvalue weighted by atomic mass is 10.1. The highest BCUT2D eigenvalue weighted by atomic mass is 16.1. The molecule has 2 aromatic rings. The van der Waals surface area contributed by atoms with Gasteiger partial charge in [0.2, 0.25) is 5.91 Å². The summed E-state index contributed by atoms with van der Waals surface area (Å²) in [5, 5.41) is 4.82. The van der Waals surface area contributed by atoms with Gasteiger partial charge in [-0.25, -0.2) is 0 Å². The summed E-state index contributed by atoms with van der Waals surface area (Å²) < 4.78 is 0. The van der Waals surface area contributed by atoms with Gasteiger partial charge in [0.25, 0.3) is 0 Å². The SMILES string of the molecule is C=CC(=O)Nc1c(C)ccc2cnccc12.